The predicted octanol–water partition coefficient (Wildman–Crippen LogP) is 3.55. The first-order chi connectivity index (χ1) is 8.69. The highest BCUT2D eigenvalue weighted by atomic mass is 16.5. The number of oxime groups is 1. The van der Waals surface area contributed by atoms with Crippen LogP contribution in [0.15, 0.2) is 23.4 Å². The third kappa shape index (κ3) is 4.28. The van der Waals surface area contributed by atoms with Gasteiger partial charge in [-0.05, 0) is 25.5 Å². The maximum Gasteiger partial charge on any atom is 0.128 e. The van der Waals surface area contributed by atoms with E-state index in [9.17, 15) is 5.11 Å². The van der Waals surface area contributed by atoms with Gasteiger partial charge in [-0.2, -0.15) is 0 Å². The molecule has 1 aromatic rings. The number of aromatic hydroxyl groups is 1. The number of ether oxygens (including phenoxy) is 1. The Morgan fingerprint density at radius 3 is 2.67 bits per heavy atom. The standard InChI is InChI=1S/C14H21NO3/c1-3-4-5-6-9-18-12-7-8-13(11(2)15-17)14(16)10-12/h7-8,10,16-17H,3-6,9H2,1-2H3/b15-11-. The average molecular weight is 251 g/mol. The summed E-state index contributed by atoms with van der Waals surface area (Å²) in [7, 11) is 0. The van der Waals surface area contributed by atoms with E-state index in [-0.39, 0.29) is 5.75 Å². The summed E-state index contributed by atoms with van der Waals surface area (Å²) in [5.74, 6) is 0.704. The summed E-state index contributed by atoms with van der Waals surface area (Å²) in [4.78, 5) is 0. The summed E-state index contributed by atoms with van der Waals surface area (Å²) in [6.45, 7) is 4.45. The summed E-state index contributed by atoms with van der Waals surface area (Å²) in [6, 6.07) is 5.00. The Kier molecular flexibility index (Phi) is 6.05. The lowest BCUT2D eigenvalue weighted by Gasteiger charge is -2.08. The number of benzene rings is 1. The van der Waals surface area contributed by atoms with Crippen molar-refractivity contribution in [2.45, 2.75) is 39.5 Å². The number of phenolic OH excluding ortho intramolecular Hbond substituents is 1. The normalized spacial score (nSPS) is 11.6. The van der Waals surface area contributed by atoms with Crippen LogP contribution in [0.2, 0.25) is 0 Å². The van der Waals surface area contributed by atoms with Crippen molar-refractivity contribution in [1.82, 2.24) is 0 Å². The molecule has 0 fully saturated rings. The lowest BCUT2D eigenvalue weighted by molar-refractivity contribution is 0.303. The van der Waals surface area contributed by atoms with Gasteiger partial charge in [0, 0.05) is 11.6 Å². The molecular weight excluding hydrogens is 230 g/mol. The van der Waals surface area contributed by atoms with Gasteiger partial charge in [0.25, 0.3) is 0 Å². The van der Waals surface area contributed by atoms with E-state index in [0.29, 0.717) is 23.6 Å². The zero-order valence-electron chi connectivity index (χ0n) is 11.0. The van der Waals surface area contributed by atoms with Crippen LogP contribution in [0.1, 0.15) is 45.1 Å². The van der Waals surface area contributed by atoms with E-state index in [1.54, 1.807) is 25.1 Å². The van der Waals surface area contributed by atoms with Crippen molar-refractivity contribution in [3.05, 3.63) is 23.8 Å². The summed E-state index contributed by atoms with van der Waals surface area (Å²) < 4.78 is 5.54. The van der Waals surface area contributed by atoms with Gasteiger partial charge in [0.1, 0.15) is 11.5 Å². The van der Waals surface area contributed by atoms with Crippen molar-refractivity contribution in [3.63, 3.8) is 0 Å². The van der Waals surface area contributed by atoms with Crippen LogP contribution in [0.3, 0.4) is 0 Å². The molecule has 0 unspecified atom stereocenters. The Labute approximate surface area is 108 Å². The monoisotopic (exact) mass is 251 g/mol. The van der Waals surface area contributed by atoms with Crippen molar-refractivity contribution in [2.24, 2.45) is 5.16 Å². The molecule has 0 amide bonds. The van der Waals surface area contributed by atoms with Crippen LogP contribution in [-0.2, 0) is 0 Å². The van der Waals surface area contributed by atoms with E-state index in [4.69, 9.17) is 9.94 Å². The molecule has 0 bridgehead atoms. The second-order valence-electron chi connectivity index (χ2n) is 4.27. The van der Waals surface area contributed by atoms with Gasteiger partial charge in [-0.25, -0.2) is 0 Å². The third-order valence-electron chi connectivity index (χ3n) is 2.78. The molecule has 18 heavy (non-hydrogen) atoms. The SMILES string of the molecule is CCCCCCOc1ccc(/C(C)=N\O)c(O)c1. The second-order valence-corrected chi connectivity index (χ2v) is 4.27. The van der Waals surface area contributed by atoms with Gasteiger partial charge in [-0.15, -0.1) is 0 Å². The molecule has 0 aliphatic rings. The third-order valence-corrected chi connectivity index (χ3v) is 2.78. The second kappa shape index (κ2) is 7.58. The molecule has 100 valence electrons. The summed E-state index contributed by atoms with van der Waals surface area (Å²) in [6.07, 6.45) is 4.61. The van der Waals surface area contributed by atoms with E-state index >= 15 is 0 Å². The minimum absolute atomic E-state index is 0.0661. The minimum atomic E-state index is 0.0661. The number of phenols is 1. The molecular formula is C14H21NO3. The van der Waals surface area contributed by atoms with Crippen LogP contribution in [-0.4, -0.2) is 22.6 Å². The Bertz CT molecular complexity index is 402. The number of unbranched alkanes of at least 4 members (excludes halogenated alkanes) is 3. The van der Waals surface area contributed by atoms with E-state index in [1.807, 2.05) is 0 Å². The highest BCUT2D eigenvalue weighted by Crippen LogP contribution is 2.24. The fourth-order valence-electron chi connectivity index (χ4n) is 1.68. The molecule has 1 rings (SSSR count). The smallest absolute Gasteiger partial charge is 0.128 e. The van der Waals surface area contributed by atoms with Gasteiger partial charge in [0.05, 0.1) is 12.3 Å². The largest absolute Gasteiger partial charge is 0.507 e. The van der Waals surface area contributed by atoms with Crippen molar-refractivity contribution in [1.29, 1.82) is 0 Å². The first-order valence-electron chi connectivity index (χ1n) is 6.34. The molecule has 0 radical (unpaired) electrons. The number of rotatable bonds is 7. The zero-order valence-corrected chi connectivity index (χ0v) is 11.0. The van der Waals surface area contributed by atoms with Crippen molar-refractivity contribution >= 4 is 5.71 Å². The predicted molar refractivity (Wildman–Crippen MR) is 71.7 cm³/mol. The maximum atomic E-state index is 9.76. The minimum Gasteiger partial charge on any atom is -0.507 e. The molecule has 0 heterocycles. The van der Waals surface area contributed by atoms with E-state index < -0.39 is 0 Å². The lowest BCUT2D eigenvalue weighted by atomic mass is 10.1. The van der Waals surface area contributed by atoms with Crippen LogP contribution >= 0.6 is 0 Å². The number of hydrogen-bond acceptors (Lipinski definition) is 4. The molecule has 0 saturated carbocycles. The van der Waals surface area contributed by atoms with Gasteiger partial charge in [0.2, 0.25) is 0 Å². The average Bonchev–Trinajstić information content (AvgIpc) is 2.38. The van der Waals surface area contributed by atoms with Crippen LogP contribution in [0, 0.1) is 0 Å². The molecule has 2 N–H and O–H groups in total. The summed E-state index contributed by atoms with van der Waals surface area (Å²) in [5, 5.41) is 21.5. The molecule has 0 aromatic heterocycles. The Balaban J connectivity index is 2.51. The van der Waals surface area contributed by atoms with E-state index in [0.717, 1.165) is 12.8 Å². The molecule has 0 atom stereocenters. The highest BCUT2D eigenvalue weighted by Gasteiger charge is 2.06. The maximum absolute atomic E-state index is 9.76. The lowest BCUT2D eigenvalue weighted by Crippen LogP contribution is -1.99. The highest BCUT2D eigenvalue weighted by molar-refractivity contribution is 6.00. The fourth-order valence-corrected chi connectivity index (χ4v) is 1.68. The molecule has 0 aliphatic carbocycles. The fraction of sp³-hybridized carbons (Fsp3) is 0.500. The first-order valence-corrected chi connectivity index (χ1v) is 6.34. The molecule has 4 nitrogen and oxygen atoms in total. The molecule has 4 heteroatoms. The van der Waals surface area contributed by atoms with E-state index in [2.05, 4.69) is 12.1 Å². The zero-order chi connectivity index (χ0) is 13.4. The Morgan fingerprint density at radius 2 is 2.06 bits per heavy atom. The van der Waals surface area contributed by atoms with Crippen LogP contribution in [0.5, 0.6) is 11.5 Å². The van der Waals surface area contributed by atoms with Crippen LogP contribution < -0.4 is 4.74 Å². The van der Waals surface area contributed by atoms with Crippen molar-refractivity contribution < 1.29 is 15.1 Å². The number of nitrogens with zero attached hydrogens (tertiary/aromatic N) is 1. The van der Waals surface area contributed by atoms with Crippen LogP contribution in [0.4, 0.5) is 0 Å². The van der Waals surface area contributed by atoms with Crippen molar-refractivity contribution in [2.75, 3.05) is 6.61 Å². The van der Waals surface area contributed by atoms with Crippen molar-refractivity contribution in [3.8, 4) is 11.5 Å². The van der Waals surface area contributed by atoms with Gasteiger partial charge >= 0.3 is 0 Å². The Morgan fingerprint density at radius 1 is 1.28 bits per heavy atom. The van der Waals surface area contributed by atoms with Crippen LogP contribution in [0.25, 0.3) is 0 Å². The number of hydrogen-bond donors (Lipinski definition) is 2. The molecule has 0 aliphatic heterocycles. The molecule has 1 aromatic carbocycles. The van der Waals surface area contributed by atoms with Gasteiger partial charge in [-0.1, -0.05) is 31.3 Å². The topological polar surface area (TPSA) is 62.0 Å². The quantitative estimate of drug-likeness (QED) is 0.337. The van der Waals surface area contributed by atoms with E-state index in [1.165, 1.54) is 12.8 Å². The molecule has 0 saturated heterocycles. The van der Waals surface area contributed by atoms with Gasteiger partial charge < -0.3 is 15.1 Å². The van der Waals surface area contributed by atoms with Gasteiger partial charge in [-0.3, -0.25) is 0 Å². The molecule has 0 spiro atoms. The summed E-state index contributed by atoms with van der Waals surface area (Å²) in [5.41, 5.74) is 0.887. The van der Waals surface area contributed by atoms with Gasteiger partial charge in [0.15, 0.2) is 0 Å². The first kappa shape index (κ1) is 14.4. The Hall–Kier alpha value is -1.71. The summed E-state index contributed by atoms with van der Waals surface area (Å²) >= 11 is 0.